The van der Waals surface area contributed by atoms with E-state index in [9.17, 15) is 18.4 Å². The zero-order chi connectivity index (χ0) is 21.3. The van der Waals surface area contributed by atoms with Gasteiger partial charge < -0.3 is 9.30 Å². The van der Waals surface area contributed by atoms with Crippen LogP contribution < -0.4 is 10.2 Å². The number of ketones is 1. The number of aromatic nitrogens is 1. The first-order chi connectivity index (χ1) is 13.6. The smallest absolute Gasteiger partial charge is 0.402 e. The van der Waals surface area contributed by atoms with Crippen LogP contribution in [0, 0.1) is 0 Å². The van der Waals surface area contributed by atoms with Gasteiger partial charge in [0.2, 0.25) is 0 Å². The van der Waals surface area contributed by atoms with Gasteiger partial charge in [-0.3, -0.25) is 9.59 Å². The average Bonchev–Trinajstić information content (AvgIpc) is 2.96. The molecule has 0 fully saturated rings. The maximum atomic E-state index is 13.7. The number of pyridine rings is 1. The largest absolute Gasteiger partial charge is 0.432 e. The number of benzene rings is 1. The van der Waals surface area contributed by atoms with Crippen molar-refractivity contribution < 1.29 is 18.3 Å². The van der Waals surface area contributed by atoms with Crippen molar-refractivity contribution in [3.63, 3.8) is 0 Å². The summed E-state index contributed by atoms with van der Waals surface area (Å²) in [6.45, 7) is 9.87. The van der Waals surface area contributed by atoms with Crippen LogP contribution in [-0.2, 0) is 13.0 Å². The molecule has 1 aromatic heterocycles. The fourth-order valence-electron chi connectivity index (χ4n) is 3.56. The lowest BCUT2D eigenvalue weighted by Gasteiger charge is -2.15. The number of carbonyl (C=O) groups excluding carboxylic acids is 1. The maximum absolute atomic E-state index is 13.7. The molecular weight excluding hydrogens is 376 g/mol. The lowest BCUT2D eigenvalue weighted by molar-refractivity contribution is -0.159. The Labute approximate surface area is 168 Å². The van der Waals surface area contributed by atoms with Crippen molar-refractivity contribution in [1.29, 1.82) is 0 Å². The molecule has 0 bridgehead atoms. The van der Waals surface area contributed by atoms with E-state index in [4.69, 9.17) is 4.74 Å². The topological polar surface area (TPSA) is 48.3 Å². The van der Waals surface area contributed by atoms with Crippen LogP contribution >= 0.6 is 0 Å². The monoisotopic (exact) mass is 399 g/mol. The number of nitrogens with zero attached hydrogens (tertiary/aromatic N) is 1. The number of halogens is 2. The van der Waals surface area contributed by atoms with Gasteiger partial charge in [0, 0.05) is 30.1 Å². The molecule has 6 heteroatoms. The van der Waals surface area contributed by atoms with Crippen LogP contribution in [0.25, 0.3) is 11.1 Å². The van der Waals surface area contributed by atoms with E-state index in [1.165, 1.54) is 19.1 Å². The molecule has 2 aromatic rings. The van der Waals surface area contributed by atoms with Crippen molar-refractivity contribution in [3.05, 3.63) is 75.7 Å². The van der Waals surface area contributed by atoms with Gasteiger partial charge in [0.25, 0.3) is 0 Å². The third kappa shape index (κ3) is 4.21. The molecule has 4 nitrogen and oxygen atoms in total. The maximum Gasteiger partial charge on any atom is 0.402 e. The highest BCUT2D eigenvalue weighted by Gasteiger charge is 2.41. The molecule has 1 aliphatic heterocycles. The Morgan fingerprint density at radius 3 is 2.69 bits per heavy atom. The summed E-state index contributed by atoms with van der Waals surface area (Å²) in [4.78, 5) is 24.1. The predicted molar refractivity (Wildman–Crippen MR) is 109 cm³/mol. The van der Waals surface area contributed by atoms with E-state index in [-0.39, 0.29) is 22.5 Å². The highest BCUT2D eigenvalue weighted by Crippen LogP contribution is 2.41. The van der Waals surface area contributed by atoms with Crippen LogP contribution in [0.15, 0.2) is 47.9 Å². The second kappa shape index (κ2) is 7.78. The van der Waals surface area contributed by atoms with Crippen LogP contribution in [0.5, 0.6) is 5.75 Å². The Bertz CT molecular complexity index is 1080. The zero-order valence-corrected chi connectivity index (χ0v) is 16.7. The van der Waals surface area contributed by atoms with E-state index in [1.54, 1.807) is 24.4 Å². The molecule has 0 N–H and O–H groups in total. The molecule has 1 aromatic carbocycles. The minimum Gasteiger partial charge on any atom is -0.432 e. The minimum absolute atomic E-state index is 0.147. The third-order valence-electron chi connectivity index (χ3n) is 4.89. The van der Waals surface area contributed by atoms with Crippen LogP contribution in [0.2, 0.25) is 0 Å². The van der Waals surface area contributed by atoms with E-state index >= 15 is 0 Å². The quantitative estimate of drug-likeness (QED) is 0.501. The fraction of sp³-hybridized carbons (Fsp3) is 0.304. The van der Waals surface area contributed by atoms with Crippen LogP contribution in [0.4, 0.5) is 8.78 Å². The molecule has 0 aliphatic carbocycles. The lowest BCUT2D eigenvalue weighted by Crippen LogP contribution is -2.20. The summed E-state index contributed by atoms with van der Waals surface area (Å²) in [7, 11) is 0. The van der Waals surface area contributed by atoms with Gasteiger partial charge in [0.15, 0.2) is 11.2 Å². The van der Waals surface area contributed by atoms with Crippen molar-refractivity contribution in [1.82, 2.24) is 4.57 Å². The standard InChI is InChI=1S/C23H23F2NO3/c1-5-9-26-13-19(16(4)27)21(28)11-20(26)15(3)10-14(2)17-7-6-8-22-18(17)12-23(24,25)29-22/h6-8,10-11,13H,2,5,9,12H2,1,3-4H3/b15-10+. The number of allylic oxidation sites excluding steroid dienone is 3. The van der Waals surface area contributed by atoms with Crippen molar-refractivity contribution in [2.75, 3.05) is 0 Å². The van der Waals surface area contributed by atoms with E-state index in [2.05, 4.69) is 6.58 Å². The summed E-state index contributed by atoms with van der Waals surface area (Å²) in [6, 6.07) is 6.34. The summed E-state index contributed by atoms with van der Waals surface area (Å²) in [5.74, 6) is -0.119. The zero-order valence-electron chi connectivity index (χ0n) is 16.7. The number of rotatable bonds is 6. The molecule has 0 amide bonds. The highest BCUT2D eigenvalue weighted by molar-refractivity contribution is 5.94. The number of hydrogen-bond acceptors (Lipinski definition) is 3. The summed E-state index contributed by atoms with van der Waals surface area (Å²) in [5.41, 5.74) is 2.78. The fourth-order valence-corrected chi connectivity index (χ4v) is 3.56. The van der Waals surface area contributed by atoms with Crippen LogP contribution in [0.3, 0.4) is 0 Å². The molecular formula is C23H23F2NO3. The van der Waals surface area contributed by atoms with Gasteiger partial charge in [0.1, 0.15) is 5.75 Å². The molecule has 0 unspecified atom stereocenters. The summed E-state index contributed by atoms with van der Waals surface area (Å²) in [5, 5.41) is 0. The molecule has 0 atom stereocenters. The van der Waals surface area contributed by atoms with E-state index < -0.39 is 12.5 Å². The molecule has 152 valence electrons. The van der Waals surface area contributed by atoms with E-state index in [0.29, 0.717) is 28.9 Å². The van der Waals surface area contributed by atoms with Crippen molar-refractivity contribution in [2.24, 2.45) is 0 Å². The number of aryl methyl sites for hydroxylation is 1. The molecule has 0 saturated carbocycles. The van der Waals surface area contributed by atoms with E-state index in [1.807, 2.05) is 18.4 Å². The first-order valence-corrected chi connectivity index (χ1v) is 9.45. The first-order valence-electron chi connectivity index (χ1n) is 9.45. The Hall–Kier alpha value is -3.02. The Morgan fingerprint density at radius 1 is 1.31 bits per heavy atom. The molecule has 0 radical (unpaired) electrons. The van der Waals surface area contributed by atoms with Crippen LogP contribution in [0.1, 0.15) is 54.4 Å². The third-order valence-corrected chi connectivity index (χ3v) is 4.89. The Morgan fingerprint density at radius 2 is 2.03 bits per heavy atom. The first kappa shape index (κ1) is 20.7. The minimum atomic E-state index is -3.22. The molecule has 0 saturated heterocycles. The van der Waals surface area contributed by atoms with Gasteiger partial charge >= 0.3 is 6.11 Å². The van der Waals surface area contributed by atoms with Gasteiger partial charge in [0.05, 0.1) is 12.0 Å². The second-order valence-corrected chi connectivity index (χ2v) is 7.24. The summed E-state index contributed by atoms with van der Waals surface area (Å²) >= 11 is 0. The highest BCUT2D eigenvalue weighted by atomic mass is 19.3. The Kier molecular flexibility index (Phi) is 5.55. The molecule has 0 spiro atoms. The molecule has 1 aliphatic rings. The molecule has 3 rings (SSSR count). The number of alkyl halides is 2. The van der Waals surface area contributed by atoms with Crippen LogP contribution in [-0.4, -0.2) is 16.5 Å². The SMILES string of the molecule is C=C(/C=C(\C)c1cc(=O)c(C(C)=O)cn1CCC)c1cccc2c1CC(F)(F)O2. The van der Waals surface area contributed by atoms with Gasteiger partial charge in [-0.1, -0.05) is 25.6 Å². The lowest BCUT2D eigenvalue weighted by atomic mass is 9.96. The predicted octanol–water partition coefficient (Wildman–Crippen LogP) is 5.11. The number of carbonyl (C=O) groups is 1. The Balaban J connectivity index is 2.02. The molecule has 2 heterocycles. The van der Waals surface area contributed by atoms with Gasteiger partial charge in [-0.2, -0.15) is 8.78 Å². The van der Waals surface area contributed by atoms with Crippen molar-refractivity contribution in [2.45, 2.75) is 46.3 Å². The van der Waals surface area contributed by atoms with Crippen molar-refractivity contribution in [3.8, 4) is 5.75 Å². The number of Topliss-reactive ketones (excluding diaryl/α,β-unsaturated/α-hetero) is 1. The summed E-state index contributed by atoms with van der Waals surface area (Å²) < 4.78 is 33.9. The average molecular weight is 399 g/mol. The van der Waals surface area contributed by atoms with Gasteiger partial charge in [-0.25, -0.2) is 0 Å². The summed E-state index contributed by atoms with van der Waals surface area (Å²) in [6.07, 6.45) is 0.443. The van der Waals surface area contributed by atoms with E-state index in [0.717, 1.165) is 12.0 Å². The van der Waals surface area contributed by atoms with Gasteiger partial charge in [-0.05, 0) is 49.1 Å². The van der Waals surface area contributed by atoms with Gasteiger partial charge in [-0.15, -0.1) is 0 Å². The number of hydrogen-bond donors (Lipinski definition) is 0. The second-order valence-electron chi connectivity index (χ2n) is 7.24. The normalized spacial score (nSPS) is 15.0. The molecule has 29 heavy (non-hydrogen) atoms. The van der Waals surface area contributed by atoms with Crippen molar-refractivity contribution >= 4 is 16.9 Å². The number of ether oxygens (including phenoxy) is 1. The number of fused-ring (bicyclic) bond motifs is 1.